The van der Waals surface area contributed by atoms with E-state index in [4.69, 9.17) is 9.78 Å². The van der Waals surface area contributed by atoms with Crippen LogP contribution in [0.1, 0.15) is 168 Å². The second-order valence-electron chi connectivity index (χ2n) is 10.2. The number of nitrogens with one attached hydrogen (secondary N) is 1. The molecule has 0 aromatic heterocycles. The molecule has 33 heavy (non-hydrogen) atoms. The maximum absolute atomic E-state index is 5.89. The maximum atomic E-state index is 5.89. The Morgan fingerprint density at radius 3 is 1.39 bits per heavy atom. The standard InChI is InChI=1S/C30H63NO2/c1-4-7-10-12-16-20-25-30(26-21-17-13-11-8-5-2)33-32-29-24-19-15-14-18-23-28-31-27-22-9-6-3/h30-31H,4-29H2,1-3H3. The lowest BCUT2D eigenvalue weighted by molar-refractivity contribution is -0.327. The molecule has 200 valence electrons. The van der Waals surface area contributed by atoms with Gasteiger partial charge in [-0.05, 0) is 45.2 Å². The number of rotatable bonds is 29. The molecule has 0 fully saturated rings. The molecule has 0 radical (unpaired) electrons. The quantitative estimate of drug-likeness (QED) is 0.0671. The van der Waals surface area contributed by atoms with Crippen LogP contribution in [0.4, 0.5) is 0 Å². The Labute approximate surface area is 209 Å². The Balaban J connectivity index is 3.67. The predicted molar refractivity (Wildman–Crippen MR) is 147 cm³/mol. The molecule has 0 bridgehead atoms. The molecular formula is C30H63NO2. The van der Waals surface area contributed by atoms with Gasteiger partial charge in [0.15, 0.2) is 0 Å². The van der Waals surface area contributed by atoms with E-state index in [1.54, 1.807) is 0 Å². The Morgan fingerprint density at radius 2 is 0.848 bits per heavy atom. The fraction of sp³-hybridized carbons (Fsp3) is 1.00. The van der Waals surface area contributed by atoms with E-state index in [1.165, 1.54) is 154 Å². The van der Waals surface area contributed by atoms with Crippen molar-refractivity contribution < 1.29 is 9.78 Å². The first-order valence-electron chi connectivity index (χ1n) is 15.3. The molecule has 0 aliphatic carbocycles. The molecule has 0 saturated heterocycles. The summed E-state index contributed by atoms with van der Waals surface area (Å²) in [5, 5.41) is 3.57. The van der Waals surface area contributed by atoms with Gasteiger partial charge in [0.25, 0.3) is 0 Å². The van der Waals surface area contributed by atoms with E-state index in [-0.39, 0.29) is 0 Å². The van der Waals surface area contributed by atoms with Crippen LogP contribution in [0.5, 0.6) is 0 Å². The maximum Gasteiger partial charge on any atom is 0.0930 e. The number of hydrogen-bond donors (Lipinski definition) is 1. The predicted octanol–water partition coefficient (Wildman–Crippen LogP) is 9.92. The second kappa shape index (κ2) is 29.9. The van der Waals surface area contributed by atoms with Crippen molar-refractivity contribution in [1.82, 2.24) is 5.32 Å². The highest BCUT2D eigenvalue weighted by Crippen LogP contribution is 2.17. The molecular weight excluding hydrogens is 406 g/mol. The van der Waals surface area contributed by atoms with Crippen LogP contribution in [-0.2, 0) is 9.78 Å². The summed E-state index contributed by atoms with van der Waals surface area (Å²) in [6.45, 7) is 10.00. The van der Waals surface area contributed by atoms with Crippen molar-refractivity contribution in [2.24, 2.45) is 0 Å². The molecule has 1 N–H and O–H groups in total. The normalized spacial score (nSPS) is 11.6. The molecule has 0 amide bonds. The summed E-state index contributed by atoms with van der Waals surface area (Å²) < 4.78 is 0. The van der Waals surface area contributed by atoms with Crippen LogP contribution in [0, 0.1) is 0 Å². The zero-order valence-corrected chi connectivity index (χ0v) is 23.3. The van der Waals surface area contributed by atoms with Gasteiger partial charge in [-0.3, -0.25) is 0 Å². The van der Waals surface area contributed by atoms with Gasteiger partial charge in [-0.1, -0.05) is 136 Å². The Bertz CT molecular complexity index is 321. The molecule has 0 atom stereocenters. The summed E-state index contributed by atoms with van der Waals surface area (Å²) in [4.78, 5) is 11.6. The van der Waals surface area contributed by atoms with Crippen LogP contribution in [0.2, 0.25) is 0 Å². The first-order chi connectivity index (χ1) is 16.3. The monoisotopic (exact) mass is 469 g/mol. The third-order valence-corrected chi connectivity index (χ3v) is 6.75. The summed E-state index contributed by atoms with van der Waals surface area (Å²) in [6, 6.07) is 0. The molecule has 0 rings (SSSR count). The van der Waals surface area contributed by atoms with Gasteiger partial charge in [0.2, 0.25) is 0 Å². The molecule has 0 aliphatic heterocycles. The van der Waals surface area contributed by atoms with Crippen LogP contribution >= 0.6 is 0 Å². The summed E-state index contributed by atoms with van der Waals surface area (Å²) in [5.41, 5.74) is 0. The average molecular weight is 470 g/mol. The largest absolute Gasteiger partial charge is 0.317 e. The van der Waals surface area contributed by atoms with Gasteiger partial charge < -0.3 is 5.32 Å². The van der Waals surface area contributed by atoms with E-state index >= 15 is 0 Å². The average Bonchev–Trinajstić information content (AvgIpc) is 2.83. The first-order valence-corrected chi connectivity index (χ1v) is 15.3. The van der Waals surface area contributed by atoms with Crippen molar-refractivity contribution in [2.75, 3.05) is 19.7 Å². The van der Waals surface area contributed by atoms with Gasteiger partial charge in [-0.2, -0.15) is 0 Å². The number of unbranched alkanes of at least 4 members (excludes halogenated alkanes) is 17. The fourth-order valence-electron chi connectivity index (χ4n) is 4.43. The minimum absolute atomic E-state index is 0.312. The molecule has 0 unspecified atom stereocenters. The van der Waals surface area contributed by atoms with Gasteiger partial charge in [0.1, 0.15) is 0 Å². The van der Waals surface area contributed by atoms with Crippen molar-refractivity contribution in [3.05, 3.63) is 0 Å². The lowest BCUT2D eigenvalue weighted by Gasteiger charge is -2.17. The van der Waals surface area contributed by atoms with Crippen LogP contribution < -0.4 is 5.32 Å². The summed E-state index contributed by atoms with van der Waals surface area (Å²) in [6.07, 6.45) is 30.7. The highest BCUT2D eigenvalue weighted by atomic mass is 17.2. The smallest absolute Gasteiger partial charge is 0.0930 e. The fourth-order valence-corrected chi connectivity index (χ4v) is 4.43. The van der Waals surface area contributed by atoms with Gasteiger partial charge in [0, 0.05) is 0 Å². The lowest BCUT2D eigenvalue weighted by Crippen LogP contribution is -2.16. The summed E-state index contributed by atoms with van der Waals surface area (Å²) in [5.74, 6) is 0. The highest BCUT2D eigenvalue weighted by molar-refractivity contribution is 4.59. The van der Waals surface area contributed by atoms with Crippen LogP contribution in [0.15, 0.2) is 0 Å². The van der Waals surface area contributed by atoms with Crippen LogP contribution in [0.3, 0.4) is 0 Å². The molecule has 0 aromatic rings. The minimum Gasteiger partial charge on any atom is -0.317 e. The van der Waals surface area contributed by atoms with E-state index in [0.717, 1.165) is 13.0 Å². The SMILES string of the molecule is CCCCCCCCC(CCCCCCCC)OOCCCCCCCCNCCCCC. The topological polar surface area (TPSA) is 30.5 Å². The second-order valence-corrected chi connectivity index (χ2v) is 10.2. The van der Waals surface area contributed by atoms with Crippen molar-refractivity contribution in [3.63, 3.8) is 0 Å². The van der Waals surface area contributed by atoms with Crippen LogP contribution in [-0.4, -0.2) is 25.8 Å². The van der Waals surface area contributed by atoms with Crippen molar-refractivity contribution in [2.45, 2.75) is 175 Å². The molecule has 3 heteroatoms. The Hall–Kier alpha value is -0.120. The van der Waals surface area contributed by atoms with Crippen molar-refractivity contribution in [1.29, 1.82) is 0 Å². The highest BCUT2D eigenvalue weighted by Gasteiger charge is 2.10. The van der Waals surface area contributed by atoms with Crippen molar-refractivity contribution in [3.8, 4) is 0 Å². The zero-order chi connectivity index (χ0) is 24.1. The lowest BCUT2D eigenvalue weighted by atomic mass is 10.0. The first kappa shape index (κ1) is 32.9. The van der Waals surface area contributed by atoms with E-state index in [0.29, 0.717) is 6.10 Å². The zero-order valence-electron chi connectivity index (χ0n) is 23.3. The Morgan fingerprint density at radius 1 is 0.455 bits per heavy atom. The Kier molecular flexibility index (Phi) is 29.8. The van der Waals surface area contributed by atoms with Crippen LogP contribution in [0.25, 0.3) is 0 Å². The molecule has 3 nitrogen and oxygen atoms in total. The third-order valence-electron chi connectivity index (χ3n) is 6.75. The molecule has 0 heterocycles. The minimum atomic E-state index is 0.312. The molecule has 0 aromatic carbocycles. The summed E-state index contributed by atoms with van der Waals surface area (Å²) >= 11 is 0. The van der Waals surface area contributed by atoms with E-state index in [9.17, 15) is 0 Å². The van der Waals surface area contributed by atoms with Gasteiger partial charge in [-0.15, -0.1) is 0 Å². The van der Waals surface area contributed by atoms with Gasteiger partial charge in [-0.25, -0.2) is 9.78 Å². The van der Waals surface area contributed by atoms with E-state index in [2.05, 4.69) is 26.1 Å². The van der Waals surface area contributed by atoms with E-state index < -0.39 is 0 Å². The third kappa shape index (κ3) is 28.0. The number of hydrogen-bond acceptors (Lipinski definition) is 3. The summed E-state index contributed by atoms with van der Waals surface area (Å²) in [7, 11) is 0. The van der Waals surface area contributed by atoms with Gasteiger partial charge in [0.05, 0.1) is 12.7 Å². The van der Waals surface area contributed by atoms with E-state index in [1.807, 2.05) is 0 Å². The molecule has 0 spiro atoms. The van der Waals surface area contributed by atoms with Gasteiger partial charge >= 0.3 is 0 Å². The van der Waals surface area contributed by atoms with Crippen molar-refractivity contribution >= 4 is 0 Å². The molecule has 0 aliphatic rings. The molecule has 0 saturated carbocycles.